The van der Waals surface area contributed by atoms with Crippen molar-refractivity contribution in [3.8, 4) is 5.75 Å². The number of rotatable bonds is 2. The van der Waals surface area contributed by atoms with Crippen molar-refractivity contribution in [2.75, 3.05) is 6.61 Å². The van der Waals surface area contributed by atoms with E-state index in [1.54, 1.807) is 24.3 Å². The van der Waals surface area contributed by atoms with Crippen molar-refractivity contribution in [3.63, 3.8) is 0 Å². The molecule has 2 heterocycles. The molecular formula is C14H10Cl2N2O2. The van der Waals surface area contributed by atoms with Gasteiger partial charge in [-0.15, -0.1) is 0 Å². The Morgan fingerprint density at radius 1 is 1.20 bits per heavy atom. The maximum atomic E-state index is 12.5. The van der Waals surface area contributed by atoms with Crippen LogP contribution in [0.5, 0.6) is 5.75 Å². The number of hydrogen-bond acceptors (Lipinski definition) is 3. The highest BCUT2D eigenvalue weighted by Crippen LogP contribution is 2.32. The molecule has 0 aliphatic heterocycles. The maximum absolute atomic E-state index is 12.5. The Hall–Kier alpha value is -1.78. The summed E-state index contributed by atoms with van der Waals surface area (Å²) in [6, 6.07) is 6.56. The number of nitrogens with zero attached hydrogens (tertiary/aromatic N) is 1. The smallest absolute Gasteiger partial charge is 0.198 e. The van der Waals surface area contributed by atoms with Gasteiger partial charge in [0, 0.05) is 0 Å². The maximum Gasteiger partial charge on any atom is 0.198 e. The number of ether oxygens (including phenoxy) is 1. The fourth-order valence-corrected chi connectivity index (χ4v) is 2.49. The molecular weight excluding hydrogens is 299 g/mol. The Kier molecular flexibility index (Phi) is 3.28. The molecule has 20 heavy (non-hydrogen) atoms. The Morgan fingerprint density at radius 3 is 2.70 bits per heavy atom. The van der Waals surface area contributed by atoms with Gasteiger partial charge in [0.1, 0.15) is 10.8 Å². The number of hydrogen-bond donors (Lipinski definition) is 1. The highest BCUT2D eigenvalue weighted by Gasteiger charge is 2.13. The highest BCUT2D eigenvalue weighted by molar-refractivity contribution is 6.33. The van der Waals surface area contributed by atoms with Gasteiger partial charge in [-0.25, -0.2) is 4.98 Å². The normalized spacial score (nSPS) is 11.2. The molecule has 0 saturated carbocycles. The molecule has 0 atom stereocenters. The van der Waals surface area contributed by atoms with E-state index in [-0.39, 0.29) is 5.43 Å². The van der Waals surface area contributed by atoms with Gasteiger partial charge in [-0.2, -0.15) is 0 Å². The highest BCUT2D eigenvalue weighted by atomic mass is 35.5. The number of halogens is 2. The summed E-state index contributed by atoms with van der Waals surface area (Å²) in [5, 5.41) is 1.74. The minimum absolute atomic E-state index is 0.129. The van der Waals surface area contributed by atoms with Crippen LogP contribution in [-0.4, -0.2) is 16.6 Å². The molecule has 1 aromatic carbocycles. The predicted molar refractivity (Wildman–Crippen MR) is 81.1 cm³/mol. The van der Waals surface area contributed by atoms with E-state index in [9.17, 15) is 4.79 Å². The molecule has 2 aromatic heterocycles. The minimum Gasteiger partial charge on any atom is -0.490 e. The number of aromatic nitrogens is 2. The summed E-state index contributed by atoms with van der Waals surface area (Å²) >= 11 is 12.0. The van der Waals surface area contributed by atoms with E-state index < -0.39 is 0 Å². The van der Waals surface area contributed by atoms with E-state index in [2.05, 4.69) is 9.97 Å². The third-order valence-electron chi connectivity index (χ3n) is 2.99. The lowest BCUT2D eigenvalue weighted by molar-refractivity contribution is 0.344. The van der Waals surface area contributed by atoms with Crippen LogP contribution >= 0.6 is 23.2 Å². The second kappa shape index (κ2) is 4.96. The van der Waals surface area contributed by atoms with Gasteiger partial charge in [-0.1, -0.05) is 23.2 Å². The van der Waals surface area contributed by atoms with E-state index in [0.717, 1.165) is 0 Å². The summed E-state index contributed by atoms with van der Waals surface area (Å²) < 4.78 is 5.52. The monoisotopic (exact) mass is 308 g/mol. The van der Waals surface area contributed by atoms with Crippen LogP contribution in [0.15, 0.2) is 29.1 Å². The SMILES string of the molecule is CCOc1c(Cl)ccc2c(=O)c3ccc(Cl)nc3[nH]c12. The van der Waals surface area contributed by atoms with Crippen LogP contribution in [0.1, 0.15) is 6.92 Å². The van der Waals surface area contributed by atoms with Crippen molar-refractivity contribution < 1.29 is 4.74 Å². The third kappa shape index (κ3) is 2.01. The molecule has 0 fully saturated rings. The van der Waals surface area contributed by atoms with Gasteiger partial charge in [-0.3, -0.25) is 4.79 Å². The van der Waals surface area contributed by atoms with Crippen molar-refractivity contribution in [1.29, 1.82) is 0 Å². The minimum atomic E-state index is -0.129. The predicted octanol–water partition coefficient (Wildman–Crippen LogP) is 3.78. The van der Waals surface area contributed by atoms with Crippen LogP contribution < -0.4 is 10.2 Å². The van der Waals surface area contributed by atoms with Crippen LogP contribution in [0.2, 0.25) is 10.2 Å². The van der Waals surface area contributed by atoms with Crippen molar-refractivity contribution in [2.45, 2.75) is 6.92 Å². The standard InChI is InChI=1S/C14H10Cl2N2O2/c1-2-20-13-9(15)5-3-7-11(13)18-14-8(12(7)19)4-6-10(16)17-14/h3-6H,2H2,1H3,(H,17,18,19). The van der Waals surface area contributed by atoms with Crippen molar-refractivity contribution >= 4 is 45.1 Å². The molecule has 0 amide bonds. The zero-order valence-electron chi connectivity index (χ0n) is 10.5. The number of fused-ring (bicyclic) bond motifs is 2. The molecule has 4 nitrogen and oxygen atoms in total. The first-order chi connectivity index (χ1) is 9.61. The first-order valence-electron chi connectivity index (χ1n) is 6.05. The first-order valence-corrected chi connectivity index (χ1v) is 6.81. The molecule has 6 heteroatoms. The number of nitrogens with one attached hydrogen (secondary N) is 1. The molecule has 0 saturated heterocycles. The van der Waals surface area contributed by atoms with Gasteiger partial charge >= 0.3 is 0 Å². The summed E-state index contributed by atoms with van der Waals surface area (Å²) in [7, 11) is 0. The summed E-state index contributed by atoms with van der Waals surface area (Å²) in [6.07, 6.45) is 0. The van der Waals surface area contributed by atoms with Crippen LogP contribution in [0.25, 0.3) is 21.9 Å². The molecule has 0 aliphatic carbocycles. The zero-order chi connectivity index (χ0) is 14.3. The number of aromatic amines is 1. The molecule has 0 spiro atoms. The number of pyridine rings is 2. The Balaban J connectivity index is 2.50. The lowest BCUT2D eigenvalue weighted by Gasteiger charge is -2.10. The molecule has 0 aliphatic rings. The fourth-order valence-electron chi connectivity index (χ4n) is 2.13. The quantitative estimate of drug-likeness (QED) is 0.579. The average molecular weight is 309 g/mol. The molecule has 3 aromatic rings. The molecule has 1 N–H and O–H groups in total. The first kappa shape index (κ1) is 13.2. The van der Waals surface area contributed by atoms with E-state index in [0.29, 0.717) is 44.5 Å². The Labute approximate surface area is 124 Å². The topological polar surface area (TPSA) is 55.0 Å². The molecule has 0 unspecified atom stereocenters. The van der Waals surface area contributed by atoms with Crippen LogP contribution in [-0.2, 0) is 0 Å². The van der Waals surface area contributed by atoms with E-state index >= 15 is 0 Å². The third-order valence-corrected chi connectivity index (χ3v) is 3.50. The van der Waals surface area contributed by atoms with Gasteiger partial charge in [0.25, 0.3) is 0 Å². The second-order valence-corrected chi connectivity index (χ2v) is 5.01. The largest absolute Gasteiger partial charge is 0.490 e. The molecule has 0 bridgehead atoms. The van der Waals surface area contributed by atoms with E-state index in [1.807, 2.05) is 6.92 Å². The molecule has 0 radical (unpaired) electrons. The summed E-state index contributed by atoms with van der Waals surface area (Å²) in [5.41, 5.74) is 0.820. The van der Waals surface area contributed by atoms with Gasteiger partial charge in [0.2, 0.25) is 0 Å². The molecule has 102 valence electrons. The lowest BCUT2D eigenvalue weighted by Crippen LogP contribution is -2.07. The zero-order valence-corrected chi connectivity index (χ0v) is 12.0. The van der Waals surface area contributed by atoms with Crippen LogP contribution in [0.3, 0.4) is 0 Å². The van der Waals surface area contributed by atoms with Gasteiger partial charge in [-0.05, 0) is 31.2 Å². The summed E-state index contributed by atoms with van der Waals surface area (Å²) in [4.78, 5) is 19.7. The Morgan fingerprint density at radius 2 is 1.95 bits per heavy atom. The lowest BCUT2D eigenvalue weighted by atomic mass is 10.1. The fraction of sp³-hybridized carbons (Fsp3) is 0.143. The van der Waals surface area contributed by atoms with Gasteiger partial charge < -0.3 is 9.72 Å². The van der Waals surface area contributed by atoms with Crippen molar-refractivity contribution in [3.05, 3.63) is 44.7 Å². The van der Waals surface area contributed by atoms with Gasteiger partial charge in [0.05, 0.1) is 27.9 Å². The van der Waals surface area contributed by atoms with Gasteiger partial charge in [0.15, 0.2) is 11.2 Å². The summed E-state index contributed by atoms with van der Waals surface area (Å²) in [6.45, 7) is 2.30. The summed E-state index contributed by atoms with van der Waals surface area (Å²) in [5.74, 6) is 0.451. The van der Waals surface area contributed by atoms with E-state index in [4.69, 9.17) is 27.9 Å². The molecule has 3 rings (SSSR count). The van der Waals surface area contributed by atoms with Crippen molar-refractivity contribution in [1.82, 2.24) is 9.97 Å². The van der Waals surface area contributed by atoms with Crippen molar-refractivity contribution in [2.24, 2.45) is 0 Å². The number of benzene rings is 1. The van der Waals surface area contributed by atoms with E-state index in [1.165, 1.54) is 0 Å². The Bertz CT molecular complexity index is 874. The average Bonchev–Trinajstić information content (AvgIpc) is 2.42. The number of H-pyrrole nitrogens is 1. The van der Waals surface area contributed by atoms with Crippen LogP contribution in [0.4, 0.5) is 0 Å². The second-order valence-electron chi connectivity index (χ2n) is 4.22. The van der Waals surface area contributed by atoms with Crippen LogP contribution in [0, 0.1) is 0 Å².